The van der Waals surface area contributed by atoms with E-state index in [1.165, 1.54) is 0 Å². The molecule has 3 heteroatoms. The molecule has 0 aromatic heterocycles. The number of nitrogens with zero attached hydrogens (tertiary/aromatic N) is 1. The molecular weight excluding hydrogens is 142 g/mol. The van der Waals surface area contributed by atoms with Crippen LogP contribution in [0, 0.1) is 6.42 Å². The highest BCUT2D eigenvalue weighted by molar-refractivity contribution is 5.84. The minimum Gasteiger partial charge on any atom is -0.375 e. The van der Waals surface area contributed by atoms with Gasteiger partial charge < -0.3 is 9.64 Å². The topological polar surface area (TPSA) is 29.5 Å². The maximum atomic E-state index is 11.1. The van der Waals surface area contributed by atoms with Gasteiger partial charge in [-0.25, -0.2) is 0 Å². The molecule has 0 aliphatic carbocycles. The van der Waals surface area contributed by atoms with Crippen LogP contribution in [-0.4, -0.2) is 36.6 Å². The highest BCUT2D eigenvalue weighted by atomic mass is 16.5. The molecule has 63 valence electrons. The van der Waals surface area contributed by atoms with Gasteiger partial charge in [0.2, 0.25) is 5.91 Å². The lowest BCUT2D eigenvalue weighted by Gasteiger charge is -2.30. The summed E-state index contributed by atoms with van der Waals surface area (Å²) in [4.78, 5) is 12.9. The molecule has 1 aliphatic rings. The molecule has 0 saturated carbocycles. The number of ether oxygens (including phenoxy) is 1. The van der Waals surface area contributed by atoms with Crippen molar-refractivity contribution in [3.05, 3.63) is 6.42 Å². The van der Waals surface area contributed by atoms with E-state index >= 15 is 0 Å². The first-order valence-electron chi connectivity index (χ1n) is 3.94. The molecular formula is C8H14NO2. The summed E-state index contributed by atoms with van der Waals surface area (Å²) in [7, 11) is 0. The fraction of sp³-hybridized carbons (Fsp3) is 0.750. The van der Waals surface area contributed by atoms with Crippen molar-refractivity contribution >= 4 is 5.91 Å². The Bertz CT molecular complexity index is 147. The van der Waals surface area contributed by atoms with Crippen LogP contribution in [-0.2, 0) is 9.53 Å². The lowest BCUT2D eigenvalue weighted by Crippen LogP contribution is -2.44. The molecule has 1 radical (unpaired) electrons. The van der Waals surface area contributed by atoms with Crippen LogP contribution < -0.4 is 0 Å². The summed E-state index contributed by atoms with van der Waals surface area (Å²) >= 11 is 0. The molecule has 1 saturated heterocycles. The van der Waals surface area contributed by atoms with Crippen molar-refractivity contribution in [1.82, 2.24) is 4.90 Å². The van der Waals surface area contributed by atoms with E-state index in [0.717, 1.165) is 13.1 Å². The summed E-state index contributed by atoms with van der Waals surface area (Å²) in [6.45, 7) is 5.87. The summed E-state index contributed by atoms with van der Waals surface area (Å²) in [6.07, 6.45) is 1.78. The molecule has 1 amide bonds. The van der Waals surface area contributed by atoms with E-state index in [-0.39, 0.29) is 12.0 Å². The van der Waals surface area contributed by atoms with E-state index in [0.29, 0.717) is 6.61 Å². The van der Waals surface area contributed by atoms with E-state index in [2.05, 4.69) is 0 Å². The summed E-state index contributed by atoms with van der Waals surface area (Å²) in [5.74, 6) is 0.111. The van der Waals surface area contributed by atoms with Gasteiger partial charge in [-0.2, -0.15) is 0 Å². The third kappa shape index (κ3) is 2.19. The van der Waals surface area contributed by atoms with Gasteiger partial charge in [-0.1, -0.05) is 6.92 Å². The molecule has 3 nitrogen and oxygen atoms in total. The summed E-state index contributed by atoms with van der Waals surface area (Å²) < 4.78 is 5.29. The number of carbonyl (C=O) groups is 1. The molecule has 0 spiro atoms. The zero-order chi connectivity index (χ0) is 8.27. The highest BCUT2D eigenvalue weighted by Crippen LogP contribution is 2.04. The smallest absolute Gasteiger partial charge is 0.226 e. The molecule has 1 aliphatic heterocycles. The third-order valence-corrected chi connectivity index (χ3v) is 1.80. The highest BCUT2D eigenvalue weighted by Gasteiger charge is 2.19. The molecule has 0 N–H and O–H groups in total. The fourth-order valence-electron chi connectivity index (χ4n) is 1.20. The van der Waals surface area contributed by atoms with Gasteiger partial charge in [-0.05, 0) is 6.92 Å². The summed E-state index contributed by atoms with van der Waals surface area (Å²) in [5.41, 5.74) is 0. The van der Waals surface area contributed by atoms with Gasteiger partial charge in [-0.15, -0.1) is 0 Å². The van der Waals surface area contributed by atoms with Crippen LogP contribution in [0.15, 0.2) is 0 Å². The maximum Gasteiger partial charge on any atom is 0.226 e. The van der Waals surface area contributed by atoms with Crippen molar-refractivity contribution in [2.24, 2.45) is 0 Å². The number of hydrogen-bond donors (Lipinski definition) is 0. The molecule has 0 aromatic rings. The minimum atomic E-state index is 0.111. The van der Waals surface area contributed by atoms with Crippen molar-refractivity contribution in [3.63, 3.8) is 0 Å². The zero-order valence-electron chi connectivity index (χ0n) is 7.04. The largest absolute Gasteiger partial charge is 0.375 e. The average Bonchev–Trinajstić information content (AvgIpc) is 2.03. The molecule has 0 aromatic carbocycles. The monoisotopic (exact) mass is 156 g/mol. The van der Waals surface area contributed by atoms with Crippen LogP contribution in [0.25, 0.3) is 0 Å². The Morgan fingerprint density at radius 1 is 1.73 bits per heavy atom. The Morgan fingerprint density at radius 2 is 2.45 bits per heavy atom. The molecule has 1 heterocycles. The summed E-state index contributed by atoms with van der Waals surface area (Å²) in [6, 6.07) is 0. The van der Waals surface area contributed by atoms with E-state index in [9.17, 15) is 4.79 Å². The second kappa shape index (κ2) is 3.72. The molecule has 1 unspecified atom stereocenters. The standard InChI is InChI=1S/C8H14NO2/c1-3-8(10)9-4-5-11-7(2)6-9/h3,7H,4-6H2,1-2H3. The van der Waals surface area contributed by atoms with Gasteiger partial charge >= 0.3 is 0 Å². The van der Waals surface area contributed by atoms with Crippen molar-refractivity contribution in [3.8, 4) is 0 Å². The van der Waals surface area contributed by atoms with Crippen molar-refractivity contribution in [2.45, 2.75) is 20.0 Å². The first kappa shape index (κ1) is 8.53. The normalized spacial score (nSPS) is 25.3. The first-order valence-corrected chi connectivity index (χ1v) is 3.94. The van der Waals surface area contributed by atoms with Gasteiger partial charge in [0.25, 0.3) is 0 Å². The van der Waals surface area contributed by atoms with E-state index in [4.69, 9.17) is 4.74 Å². The Hall–Kier alpha value is -0.570. The van der Waals surface area contributed by atoms with Crippen LogP contribution in [0.2, 0.25) is 0 Å². The Morgan fingerprint density at radius 3 is 3.00 bits per heavy atom. The molecule has 11 heavy (non-hydrogen) atoms. The second-order valence-electron chi connectivity index (χ2n) is 2.75. The molecule has 1 fully saturated rings. The molecule has 1 rings (SSSR count). The Kier molecular flexibility index (Phi) is 2.88. The quantitative estimate of drug-likeness (QED) is 0.552. The van der Waals surface area contributed by atoms with Gasteiger partial charge in [0.1, 0.15) is 0 Å². The van der Waals surface area contributed by atoms with Crippen LogP contribution in [0.5, 0.6) is 0 Å². The van der Waals surface area contributed by atoms with E-state index in [1.54, 1.807) is 13.3 Å². The fourth-order valence-corrected chi connectivity index (χ4v) is 1.20. The van der Waals surface area contributed by atoms with Crippen molar-refractivity contribution < 1.29 is 9.53 Å². The van der Waals surface area contributed by atoms with Gasteiger partial charge in [-0.3, -0.25) is 4.79 Å². The number of hydrogen-bond acceptors (Lipinski definition) is 2. The summed E-state index contributed by atoms with van der Waals surface area (Å²) in [5, 5.41) is 0. The lowest BCUT2D eigenvalue weighted by atomic mass is 10.3. The first-order chi connectivity index (χ1) is 5.24. The van der Waals surface area contributed by atoms with Crippen LogP contribution in [0.1, 0.15) is 13.8 Å². The van der Waals surface area contributed by atoms with Crippen molar-refractivity contribution in [1.29, 1.82) is 0 Å². The van der Waals surface area contributed by atoms with E-state index in [1.807, 2.05) is 11.8 Å². The minimum absolute atomic E-state index is 0.111. The van der Waals surface area contributed by atoms with Gasteiger partial charge in [0.15, 0.2) is 0 Å². The van der Waals surface area contributed by atoms with Crippen LogP contribution in [0.3, 0.4) is 0 Å². The molecule has 0 bridgehead atoms. The van der Waals surface area contributed by atoms with Crippen LogP contribution in [0.4, 0.5) is 0 Å². The van der Waals surface area contributed by atoms with Gasteiger partial charge in [0, 0.05) is 19.5 Å². The van der Waals surface area contributed by atoms with E-state index < -0.39 is 0 Å². The SMILES string of the molecule is C[CH]C(=O)N1CCOC(C)C1. The lowest BCUT2D eigenvalue weighted by molar-refractivity contribution is -0.134. The zero-order valence-corrected chi connectivity index (χ0v) is 7.04. The van der Waals surface area contributed by atoms with Crippen molar-refractivity contribution in [2.75, 3.05) is 19.7 Å². The third-order valence-electron chi connectivity index (χ3n) is 1.80. The number of carbonyl (C=O) groups excluding carboxylic acids is 1. The van der Waals surface area contributed by atoms with Crippen LogP contribution >= 0.6 is 0 Å². The average molecular weight is 156 g/mol. The Balaban J connectivity index is 2.39. The number of rotatable bonds is 1. The second-order valence-corrected chi connectivity index (χ2v) is 2.75. The number of morpholine rings is 1. The predicted molar refractivity (Wildman–Crippen MR) is 42.0 cm³/mol. The molecule has 1 atom stereocenters. The maximum absolute atomic E-state index is 11.1. The number of amides is 1. The Labute approximate surface area is 67.3 Å². The predicted octanol–water partition coefficient (Wildman–Crippen LogP) is 0.458. The van der Waals surface area contributed by atoms with Gasteiger partial charge in [0.05, 0.1) is 12.7 Å².